The Morgan fingerprint density at radius 3 is 2.30 bits per heavy atom. The molecule has 2 aromatic carbocycles. The van der Waals surface area contributed by atoms with Gasteiger partial charge in [0.2, 0.25) is 5.91 Å². The highest BCUT2D eigenvalue weighted by atomic mass is 35.5. The highest BCUT2D eigenvalue weighted by Crippen LogP contribution is 2.22. The lowest BCUT2D eigenvalue weighted by molar-refractivity contribution is -0.136. The van der Waals surface area contributed by atoms with E-state index >= 15 is 0 Å². The van der Waals surface area contributed by atoms with E-state index in [2.05, 4.69) is 15.7 Å². The van der Waals surface area contributed by atoms with Crippen LogP contribution < -0.4 is 26.7 Å². The molecule has 0 spiro atoms. The molecule has 2 amide bonds. The molecule has 4 N–H and O–H groups in total. The molecule has 0 radical (unpaired) electrons. The fourth-order valence-electron chi connectivity index (χ4n) is 4.07. The second-order valence-electron chi connectivity index (χ2n) is 8.81. The second kappa shape index (κ2) is 15.8. The lowest BCUT2D eigenvalue weighted by Crippen LogP contribution is -2.45. The summed E-state index contributed by atoms with van der Waals surface area (Å²) in [7, 11) is 0. The number of nitrogens with zero attached hydrogens (tertiary/aromatic N) is 2. The topological polar surface area (TPSA) is 156 Å². The summed E-state index contributed by atoms with van der Waals surface area (Å²) in [5, 5.41) is 10.7. The van der Waals surface area contributed by atoms with Crippen LogP contribution in [0.5, 0.6) is 5.75 Å². The van der Waals surface area contributed by atoms with Crippen LogP contribution in [0.15, 0.2) is 53.5 Å². The van der Waals surface area contributed by atoms with Gasteiger partial charge in [-0.05, 0) is 36.8 Å². The number of imide groups is 1. The monoisotopic (exact) mass is 575 g/mol. The van der Waals surface area contributed by atoms with Crippen molar-refractivity contribution in [2.75, 3.05) is 63.8 Å². The van der Waals surface area contributed by atoms with Crippen LogP contribution in [0.1, 0.15) is 18.9 Å². The number of nitrogen functional groups attached to an aromatic ring is 1. The minimum Gasteiger partial charge on any atom is -0.491 e. The van der Waals surface area contributed by atoms with Crippen LogP contribution in [0.25, 0.3) is 10.8 Å². The third kappa shape index (κ3) is 8.65. The first-order chi connectivity index (χ1) is 19.0. The molecule has 216 valence electrons. The Kier molecular flexibility index (Phi) is 12.2. The van der Waals surface area contributed by atoms with E-state index in [1.165, 1.54) is 0 Å². The van der Waals surface area contributed by atoms with Crippen LogP contribution in [0.4, 0.5) is 11.4 Å². The number of aromatic nitrogens is 2. The van der Waals surface area contributed by atoms with Crippen LogP contribution in [0.2, 0.25) is 0 Å². The van der Waals surface area contributed by atoms with Gasteiger partial charge in [0, 0.05) is 29.7 Å². The normalized spacial score (nSPS) is 14.9. The molecule has 1 unspecified atom stereocenters. The maximum absolute atomic E-state index is 13.2. The van der Waals surface area contributed by atoms with Gasteiger partial charge in [-0.15, -0.1) is 12.4 Å². The Morgan fingerprint density at radius 2 is 1.60 bits per heavy atom. The number of hydrogen-bond donors (Lipinski definition) is 3. The molecule has 1 aliphatic rings. The van der Waals surface area contributed by atoms with Crippen LogP contribution in [-0.4, -0.2) is 74.4 Å². The molecule has 0 bridgehead atoms. The lowest BCUT2D eigenvalue weighted by atomic mass is 10.1. The zero-order valence-corrected chi connectivity index (χ0v) is 22.8. The molecule has 3 aromatic rings. The van der Waals surface area contributed by atoms with Gasteiger partial charge in [0.05, 0.1) is 51.2 Å². The maximum atomic E-state index is 13.2. The molecule has 1 saturated heterocycles. The first-order valence-electron chi connectivity index (χ1n) is 12.8. The number of benzene rings is 2. The zero-order valence-electron chi connectivity index (χ0n) is 22.0. The van der Waals surface area contributed by atoms with Crippen molar-refractivity contribution in [3.8, 4) is 5.75 Å². The molecular weight excluding hydrogens is 542 g/mol. The number of rotatable bonds is 15. The minimum atomic E-state index is -0.815. The van der Waals surface area contributed by atoms with Gasteiger partial charge in [0.25, 0.3) is 11.5 Å². The predicted molar refractivity (Wildman–Crippen MR) is 152 cm³/mol. The highest BCUT2D eigenvalue weighted by Gasteiger charge is 2.30. The number of ether oxygens (including phenoxy) is 4. The van der Waals surface area contributed by atoms with E-state index in [0.29, 0.717) is 74.9 Å². The number of anilines is 2. The summed E-state index contributed by atoms with van der Waals surface area (Å²) in [5.74, 6) is -0.114. The van der Waals surface area contributed by atoms with Crippen molar-refractivity contribution in [1.82, 2.24) is 15.1 Å². The van der Waals surface area contributed by atoms with E-state index in [0.717, 1.165) is 10.4 Å². The van der Waals surface area contributed by atoms with Crippen molar-refractivity contribution in [3.05, 3.63) is 59.0 Å². The molecule has 40 heavy (non-hydrogen) atoms. The molecule has 0 saturated carbocycles. The van der Waals surface area contributed by atoms with E-state index in [4.69, 9.17) is 24.7 Å². The van der Waals surface area contributed by atoms with Gasteiger partial charge in [-0.1, -0.05) is 12.1 Å². The highest BCUT2D eigenvalue weighted by molar-refractivity contribution is 5.99. The van der Waals surface area contributed by atoms with Crippen molar-refractivity contribution >= 4 is 46.4 Å². The van der Waals surface area contributed by atoms with Crippen molar-refractivity contribution in [2.24, 2.45) is 0 Å². The number of carbonyl (C=O) groups excluding carboxylic acids is 2. The number of fused-ring (bicyclic) bond motifs is 1. The third-order valence-electron chi connectivity index (χ3n) is 6.03. The molecule has 1 aromatic heterocycles. The van der Waals surface area contributed by atoms with E-state index in [1.54, 1.807) is 30.5 Å². The van der Waals surface area contributed by atoms with Gasteiger partial charge in [0.1, 0.15) is 18.4 Å². The third-order valence-corrected chi connectivity index (χ3v) is 6.03. The molecule has 13 heteroatoms. The Labute approximate surface area is 237 Å². The van der Waals surface area contributed by atoms with Crippen LogP contribution in [0, 0.1) is 0 Å². The molecule has 4 rings (SSSR count). The molecular formula is C27H34ClN5O7. The van der Waals surface area contributed by atoms with Crippen molar-refractivity contribution in [1.29, 1.82) is 0 Å². The van der Waals surface area contributed by atoms with Gasteiger partial charge >= 0.3 is 0 Å². The van der Waals surface area contributed by atoms with E-state index in [1.807, 2.05) is 18.2 Å². The van der Waals surface area contributed by atoms with Crippen LogP contribution in [0.3, 0.4) is 0 Å². The number of nitrogens with two attached hydrogens (primary N) is 1. The molecule has 12 nitrogen and oxygen atoms in total. The number of carbonyl (C=O) groups is 2. The van der Waals surface area contributed by atoms with Gasteiger partial charge in [-0.25, -0.2) is 4.68 Å². The second-order valence-corrected chi connectivity index (χ2v) is 8.81. The molecule has 1 atom stereocenters. The number of hydrogen-bond acceptors (Lipinski definition) is 10. The Bertz CT molecular complexity index is 1320. The van der Waals surface area contributed by atoms with Crippen LogP contribution >= 0.6 is 12.4 Å². The zero-order chi connectivity index (χ0) is 27.5. The fraction of sp³-hybridized carbons (Fsp3) is 0.407. The average Bonchev–Trinajstić information content (AvgIpc) is 2.93. The van der Waals surface area contributed by atoms with Gasteiger partial charge in [-0.2, -0.15) is 5.10 Å². The van der Waals surface area contributed by atoms with Gasteiger partial charge in [-0.3, -0.25) is 19.7 Å². The fourth-order valence-corrected chi connectivity index (χ4v) is 4.07. The summed E-state index contributed by atoms with van der Waals surface area (Å²) < 4.78 is 23.3. The smallest absolute Gasteiger partial charge is 0.277 e. The molecule has 0 aliphatic carbocycles. The number of nitrogens with one attached hydrogen (secondary N) is 2. The standard InChI is InChI=1S/C27H33N5O7.ClH/c28-20-4-6-21(7-5-20)39-17-16-38-15-14-37-13-12-36-11-10-29-22-3-1-2-19-18-30-32(27(35)25(19)22)23-8-9-24(33)31-26(23)34;/h1-7,18,23,29H,8-17,28H2,(H,31,33,34);1H. The van der Waals surface area contributed by atoms with Crippen molar-refractivity contribution in [2.45, 2.75) is 18.9 Å². The number of piperidine rings is 1. The lowest BCUT2D eigenvalue weighted by Gasteiger charge is -2.22. The first-order valence-corrected chi connectivity index (χ1v) is 12.8. The number of halogens is 1. The van der Waals surface area contributed by atoms with E-state index in [-0.39, 0.29) is 31.2 Å². The summed E-state index contributed by atoms with van der Waals surface area (Å²) in [6.07, 6.45) is 1.95. The quantitative estimate of drug-likeness (QED) is 0.139. The van der Waals surface area contributed by atoms with Crippen molar-refractivity contribution < 1.29 is 28.5 Å². The SMILES string of the molecule is Cl.Nc1ccc(OCCOCCOCCOCCNc2cccc3cnn(C4CCC(=O)NC4=O)c(=O)c23)cc1. The molecule has 1 aliphatic heterocycles. The number of amides is 2. The van der Waals surface area contributed by atoms with Crippen molar-refractivity contribution in [3.63, 3.8) is 0 Å². The van der Waals surface area contributed by atoms with Crippen LogP contribution in [-0.2, 0) is 23.8 Å². The summed E-state index contributed by atoms with van der Waals surface area (Å²) in [5.41, 5.74) is 6.56. The summed E-state index contributed by atoms with van der Waals surface area (Å²) in [4.78, 5) is 36.9. The molecule has 1 fully saturated rings. The Balaban J connectivity index is 0.00000441. The summed E-state index contributed by atoms with van der Waals surface area (Å²) >= 11 is 0. The summed E-state index contributed by atoms with van der Waals surface area (Å²) in [6, 6.07) is 11.8. The van der Waals surface area contributed by atoms with Gasteiger partial charge in [0.15, 0.2) is 0 Å². The van der Waals surface area contributed by atoms with E-state index in [9.17, 15) is 14.4 Å². The summed E-state index contributed by atoms with van der Waals surface area (Å²) in [6.45, 7) is 3.54. The maximum Gasteiger partial charge on any atom is 0.277 e. The van der Waals surface area contributed by atoms with E-state index < -0.39 is 17.5 Å². The largest absolute Gasteiger partial charge is 0.491 e. The minimum absolute atomic E-state index is 0. The van der Waals surface area contributed by atoms with Gasteiger partial charge < -0.3 is 30.0 Å². The molecule has 2 heterocycles. The Hall–Kier alpha value is -3.71. The Morgan fingerprint density at radius 1 is 0.925 bits per heavy atom. The predicted octanol–water partition coefficient (Wildman–Crippen LogP) is 1.92. The average molecular weight is 576 g/mol. The first kappa shape index (κ1) is 30.8.